The van der Waals surface area contributed by atoms with E-state index < -0.39 is 10.0 Å². The Labute approximate surface area is 279 Å². The molecule has 0 bridgehead atoms. The number of sulfonamides is 1. The van der Waals surface area contributed by atoms with Crippen LogP contribution in [-0.2, 0) is 10.0 Å². The van der Waals surface area contributed by atoms with Crippen LogP contribution in [0.25, 0.3) is 33.9 Å². The van der Waals surface area contributed by atoms with Gasteiger partial charge in [0, 0.05) is 47.0 Å². The van der Waals surface area contributed by atoms with Gasteiger partial charge in [-0.25, -0.2) is 4.68 Å². The Kier molecular flexibility index (Phi) is 9.20. The smallest absolute Gasteiger partial charge is 0.283 e. The fraction of sp³-hybridized carbons (Fsp3) is 0.0588. The summed E-state index contributed by atoms with van der Waals surface area (Å²) in [7, 11) is -0.400. The lowest BCUT2D eigenvalue weighted by Crippen LogP contribution is -2.13. The van der Waals surface area contributed by atoms with Crippen molar-refractivity contribution in [2.24, 2.45) is 14.6 Å². The molecular weight excluding hydrogens is 682 g/mol. The van der Waals surface area contributed by atoms with Gasteiger partial charge in [0.15, 0.2) is 0 Å². The summed E-state index contributed by atoms with van der Waals surface area (Å²) >= 11 is 5.03. The fourth-order valence-electron chi connectivity index (χ4n) is 4.59. The molecule has 6 rings (SSSR count). The molecule has 12 heteroatoms. The molecule has 2 aromatic heterocycles. The minimum absolute atomic E-state index is 0.0931. The first kappa shape index (κ1) is 31.1. The highest BCUT2D eigenvalue weighted by atomic mass is 79.9. The molecule has 0 aliphatic rings. The van der Waals surface area contributed by atoms with Gasteiger partial charge in [-0.15, -0.1) is 20.8 Å². The maximum absolute atomic E-state index is 12.6. The Morgan fingerprint density at radius 1 is 0.826 bits per heavy atom. The second-order valence-corrected chi connectivity index (χ2v) is 13.7. The number of halogens is 1. The highest BCUT2D eigenvalue weighted by Gasteiger charge is 2.15. The number of hydrogen-bond acceptors (Lipinski definition) is 6. The van der Waals surface area contributed by atoms with Crippen LogP contribution in [0, 0.1) is 0 Å². The normalized spacial score (nSPS) is 12.4. The van der Waals surface area contributed by atoms with E-state index in [-0.39, 0.29) is 4.90 Å². The third-order valence-electron chi connectivity index (χ3n) is 6.81. The molecule has 0 saturated carbocycles. The van der Waals surface area contributed by atoms with Gasteiger partial charge in [-0.3, -0.25) is 4.57 Å². The van der Waals surface area contributed by atoms with Crippen LogP contribution < -0.4 is 4.80 Å². The Bertz CT molecular complexity index is 2190. The van der Waals surface area contributed by atoms with E-state index in [4.69, 9.17) is 5.10 Å². The lowest BCUT2D eigenvalue weighted by molar-refractivity contribution is 0.594. The molecule has 0 atom stereocenters. The largest absolute Gasteiger partial charge is 0.368 e. The van der Waals surface area contributed by atoms with Gasteiger partial charge in [-0.1, -0.05) is 76.6 Å². The first-order valence-electron chi connectivity index (χ1n) is 14.1. The molecule has 0 spiro atoms. The summed E-state index contributed by atoms with van der Waals surface area (Å²) in [5.74, 6) is 0. The molecular formula is C34H28BrN7O2S2. The zero-order chi connectivity index (χ0) is 32.1. The van der Waals surface area contributed by atoms with E-state index in [0.29, 0.717) is 16.2 Å². The molecule has 0 fully saturated rings. The second kappa shape index (κ2) is 13.6. The Morgan fingerprint density at radius 2 is 1.50 bits per heavy atom. The topological polar surface area (TPSA) is 97.2 Å². The molecule has 0 unspecified atom stereocenters. The van der Waals surface area contributed by atoms with Crippen LogP contribution >= 0.6 is 27.3 Å². The van der Waals surface area contributed by atoms with Gasteiger partial charge < -0.3 is 4.90 Å². The number of nitrogens with zero attached hydrogens (tertiary/aromatic N) is 7. The highest BCUT2D eigenvalue weighted by molar-refractivity contribution is 9.10. The van der Waals surface area contributed by atoms with Crippen LogP contribution in [0.1, 0.15) is 5.56 Å². The zero-order valence-electron chi connectivity index (χ0n) is 24.8. The van der Waals surface area contributed by atoms with Crippen LogP contribution in [0.3, 0.4) is 0 Å². The number of benzene rings is 4. The summed E-state index contributed by atoms with van der Waals surface area (Å²) in [6.45, 7) is 0. The molecule has 0 saturated heterocycles. The van der Waals surface area contributed by atoms with Crippen molar-refractivity contribution < 1.29 is 8.42 Å². The third-order valence-corrected chi connectivity index (χ3v) is 9.39. The quantitative estimate of drug-likeness (QED) is 0.0915. The molecule has 0 radical (unpaired) electrons. The predicted molar refractivity (Wildman–Crippen MR) is 188 cm³/mol. The van der Waals surface area contributed by atoms with Crippen molar-refractivity contribution in [2.45, 2.75) is 4.90 Å². The summed E-state index contributed by atoms with van der Waals surface area (Å²) in [5.41, 5.74) is 6.10. The minimum atomic E-state index is -3.82. The number of para-hydroxylation sites is 1. The van der Waals surface area contributed by atoms with Gasteiger partial charge in [-0.05, 0) is 54.1 Å². The van der Waals surface area contributed by atoms with Crippen molar-refractivity contribution in [1.29, 1.82) is 0 Å². The minimum Gasteiger partial charge on any atom is -0.368 e. The monoisotopic (exact) mass is 709 g/mol. The van der Waals surface area contributed by atoms with E-state index in [1.54, 1.807) is 42.0 Å². The van der Waals surface area contributed by atoms with E-state index in [9.17, 15) is 8.42 Å². The molecule has 4 aromatic carbocycles. The average molecular weight is 711 g/mol. The number of thiazole rings is 1. The maximum atomic E-state index is 12.6. The van der Waals surface area contributed by atoms with Crippen molar-refractivity contribution in [1.82, 2.24) is 19.2 Å². The molecule has 0 amide bonds. The Morgan fingerprint density at radius 3 is 2.17 bits per heavy atom. The van der Waals surface area contributed by atoms with Gasteiger partial charge in [0.1, 0.15) is 12.0 Å². The molecule has 0 aliphatic carbocycles. The molecule has 2 heterocycles. The molecule has 230 valence electrons. The number of aromatic nitrogens is 3. The second-order valence-electron chi connectivity index (χ2n) is 10.3. The molecule has 0 aliphatic heterocycles. The van der Waals surface area contributed by atoms with Gasteiger partial charge in [0.05, 0.1) is 22.5 Å². The van der Waals surface area contributed by atoms with E-state index in [1.165, 1.54) is 29.8 Å². The molecule has 46 heavy (non-hydrogen) atoms. The molecule has 6 aromatic rings. The van der Waals surface area contributed by atoms with Crippen molar-refractivity contribution >= 4 is 49.8 Å². The van der Waals surface area contributed by atoms with Crippen molar-refractivity contribution in [3.63, 3.8) is 0 Å². The van der Waals surface area contributed by atoms with E-state index >= 15 is 0 Å². The molecule has 9 nitrogen and oxygen atoms in total. The third kappa shape index (κ3) is 6.99. The SMILES string of the molecule is CN(C)/C=N/S(=O)(=O)c1ccc(-n2cc(/C=N\N=c3/scc(-c4ccc(Br)cc4)n3-c3ccccc3)c(-c3ccccc3)n2)cc1. The predicted octanol–water partition coefficient (Wildman–Crippen LogP) is 7.03. The first-order valence-corrected chi connectivity index (χ1v) is 17.2. The Balaban J connectivity index is 1.38. The van der Waals surface area contributed by atoms with Crippen LogP contribution in [0.4, 0.5) is 0 Å². The summed E-state index contributed by atoms with van der Waals surface area (Å²) in [6, 6.07) is 34.5. The van der Waals surface area contributed by atoms with Crippen LogP contribution in [0.5, 0.6) is 0 Å². The molecule has 0 N–H and O–H groups in total. The maximum Gasteiger partial charge on any atom is 0.283 e. The summed E-state index contributed by atoms with van der Waals surface area (Å²) in [5, 5.41) is 16.1. The van der Waals surface area contributed by atoms with E-state index in [2.05, 4.69) is 52.6 Å². The zero-order valence-corrected chi connectivity index (χ0v) is 28.1. The highest BCUT2D eigenvalue weighted by Crippen LogP contribution is 2.26. The van der Waals surface area contributed by atoms with Gasteiger partial charge in [-0.2, -0.15) is 18.6 Å². The average Bonchev–Trinajstić information content (AvgIpc) is 3.70. The first-order chi connectivity index (χ1) is 22.3. The van der Waals surface area contributed by atoms with Crippen molar-refractivity contribution in [3.05, 3.63) is 136 Å². The van der Waals surface area contributed by atoms with Crippen LogP contribution in [0.2, 0.25) is 0 Å². The van der Waals surface area contributed by atoms with Gasteiger partial charge in [0.2, 0.25) is 4.80 Å². The summed E-state index contributed by atoms with van der Waals surface area (Å²) in [6.07, 6.45) is 4.80. The number of hydrogen-bond donors (Lipinski definition) is 0. The van der Waals surface area contributed by atoms with Gasteiger partial charge in [0.25, 0.3) is 10.0 Å². The lowest BCUT2D eigenvalue weighted by Gasteiger charge is -2.09. The summed E-state index contributed by atoms with van der Waals surface area (Å²) < 4.78 is 33.7. The van der Waals surface area contributed by atoms with Crippen LogP contribution in [-0.4, -0.2) is 54.3 Å². The lowest BCUT2D eigenvalue weighted by atomic mass is 10.1. The van der Waals surface area contributed by atoms with E-state index in [0.717, 1.165) is 32.5 Å². The van der Waals surface area contributed by atoms with Crippen molar-refractivity contribution in [2.75, 3.05) is 14.1 Å². The van der Waals surface area contributed by atoms with Crippen molar-refractivity contribution in [3.8, 4) is 33.9 Å². The van der Waals surface area contributed by atoms with Gasteiger partial charge >= 0.3 is 0 Å². The fourth-order valence-corrected chi connectivity index (χ4v) is 6.63. The van der Waals surface area contributed by atoms with E-state index in [1.807, 2.05) is 79.0 Å². The Hall–Kier alpha value is -4.91. The van der Waals surface area contributed by atoms with Crippen LogP contribution in [0.15, 0.2) is 145 Å². The standard InChI is InChI=1S/C34H28BrN7O2S2/c1-40(2)24-37-46(43,44)31-19-17-29(18-20-31)41-22-27(33(39-41)26-9-5-3-6-10-26)21-36-38-34-42(30-11-7-4-8-12-30)32(23-45-34)25-13-15-28(35)16-14-25/h3-24H,1-2H3/b36-21-,37-24+,38-34-. The summed E-state index contributed by atoms with van der Waals surface area (Å²) in [4.78, 5) is 2.37. The number of rotatable bonds is 9.